The fraction of sp³-hybridized carbons (Fsp3) is 0.174. The van der Waals surface area contributed by atoms with Gasteiger partial charge in [0.1, 0.15) is 0 Å². The molecule has 0 spiro atoms. The molecule has 180 valence electrons. The van der Waals surface area contributed by atoms with Crippen molar-refractivity contribution < 1.29 is 13.2 Å². The summed E-state index contributed by atoms with van der Waals surface area (Å²) >= 11 is 7.98. The Labute approximate surface area is 211 Å². The van der Waals surface area contributed by atoms with Crippen molar-refractivity contribution in [3.8, 4) is 11.4 Å². The molecule has 3 N–H and O–H groups in total. The zero-order valence-corrected chi connectivity index (χ0v) is 21.2. The van der Waals surface area contributed by atoms with E-state index in [9.17, 15) is 8.42 Å². The van der Waals surface area contributed by atoms with E-state index in [0.29, 0.717) is 40.5 Å². The van der Waals surface area contributed by atoms with E-state index in [1.54, 1.807) is 24.3 Å². The summed E-state index contributed by atoms with van der Waals surface area (Å²) in [5.74, 6) is 0.461. The van der Waals surface area contributed by atoms with Crippen LogP contribution in [-0.4, -0.2) is 41.8 Å². The Morgan fingerprint density at radius 2 is 1.80 bits per heavy atom. The van der Waals surface area contributed by atoms with Gasteiger partial charge in [0.05, 0.1) is 18.2 Å². The number of nitrogens with two attached hydrogens (primary N) is 1. The minimum absolute atomic E-state index is 0.0766. The van der Waals surface area contributed by atoms with E-state index < -0.39 is 10.2 Å². The Hall–Kier alpha value is -2.96. The summed E-state index contributed by atoms with van der Waals surface area (Å²) in [4.78, 5) is 14.1. The van der Waals surface area contributed by atoms with Crippen molar-refractivity contribution in [1.82, 2.24) is 19.3 Å². The van der Waals surface area contributed by atoms with Gasteiger partial charge in [-0.2, -0.15) is 22.7 Å². The third-order valence-corrected chi connectivity index (χ3v) is 8.07. The minimum atomic E-state index is -3.58. The molecule has 1 aliphatic heterocycles. The Morgan fingerprint density at radius 1 is 1.06 bits per heavy atom. The number of nitrogens with zero attached hydrogens (tertiary/aromatic N) is 4. The number of nitrogens with one attached hydrogen (secondary N) is 1. The summed E-state index contributed by atoms with van der Waals surface area (Å²) in [6, 6.07) is 14.8. The zero-order chi connectivity index (χ0) is 24.7. The van der Waals surface area contributed by atoms with E-state index in [1.165, 1.54) is 25.9 Å². The van der Waals surface area contributed by atoms with E-state index in [2.05, 4.69) is 19.7 Å². The number of rotatable bonds is 6. The van der Waals surface area contributed by atoms with Crippen LogP contribution >= 0.6 is 23.4 Å². The Morgan fingerprint density at radius 3 is 2.54 bits per heavy atom. The molecule has 0 atom stereocenters. The normalized spacial score (nSPS) is 13.4. The first kappa shape index (κ1) is 23.8. The quantitative estimate of drug-likeness (QED) is 0.379. The van der Waals surface area contributed by atoms with Gasteiger partial charge in [0.2, 0.25) is 5.95 Å². The standard InChI is InChI=1S/C23H21ClN6O3S2/c1-30(2)35(31,32)29-15-6-8-16(9-7-15)34-23-27-21(26-22(25)28-23)20-17-5-3-4-13-11-33-12-14(19(13)17)10-18(20)24/h3-10,29H,11-12H2,1-2H3,(H2,25,26,27,28). The SMILES string of the molecule is CN(C)S(=O)(=O)Nc1ccc(Sc2nc(N)nc(-c3c(Cl)cc4c5c(cccc35)COC4)n2)cc1. The largest absolute Gasteiger partial charge is 0.372 e. The molecule has 0 bridgehead atoms. The molecule has 0 saturated carbocycles. The monoisotopic (exact) mass is 528 g/mol. The van der Waals surface area contributed by atoms with Crippen molar-refractivity contribution in [1.29, 1.82) is 0 Å². The first-order chi connectivity index (χ1) is 16.7. The van der Waals surface area contributed by atoms with Gasteiger partial charge < -0.3 is 10.5 Å². The molecule has 1 aliphatic rings. The molecule has 0 unspecified atom stereocenters. The van der Waals surface area contributed by atoms with Crippen LogP contribution in [0.1, 0.15) is 11.1 Å². The molecule has 3 aromatic carbocycles. The van der Waals surface area contributed by atoms with E-state index in [4.69, 9.17) is 22.1 Å². The van der Waals surface area contributed by atoms with Gasteiger partial charge in [0.25, 0.3) is 0 Å². The summed E-state index contributed by atoms with van der Waals surface area (Å²) in [5.41, 5.74) is 9.29. The highest BCUT2D eigenvalue weighted by Crippen LogP contribution is 2.40. The molecule has 0 amide bonds. The average molecular weight is 529 g/mol. The number of hydrogen-bond acceptors (Lipinski definition) is 8. The van der Waals surface area contributed by atoms with Crippen LogP contribution in [0.4, 0.5) is 11.6 Å². The second-order valence-electron chi connectivity index (χ2n) is 8.04. The van der Waals surface area contributed by atoms with Crippen molar-refractivity contribution in [2.45, 2.75) is 23.3 Å². The number of benzene rings is 3. The first-order valence-electron chi connectivity index (χ1n) is 10.5. The fourth-order valence-corrected chi connectivity index (χ4v) is 5.50. The summed E-state index contributed by atoms with van der Waals surface area (Å²) in [7, 11) is -0.670. The van der Waals surface area contributed by atoms with Crippen LogP contribution in [0.3, 0.4) is 0 Å². The van der Waals surface area contributed by atoms with Crippen molar-refractivity contribution in [3.63, 3.8) is 0 Å². The first-order valence-corrected chi connectivity index (χ1v) is 13.2. The molecular formula is C23H21ClN6O3S2. The maximum Gasteiger partial charge on any atom is 0.301 e. The van der Waals surface area contributed by atoms with Crippen LogP contribution < -0.4 is 10.5 Å². The lowest BCUT2D eigenvalue weighted by atomic mass is 9.94. The molecule has 0 radical (unpaired) electrons. The second-order valence-corrected chi connectivity index (χ2v) is 11.4. The Kier molecular flexibility index (Phi) is 6.28. The topological polar surface area (TPSA) is 123 Å². The van der Waals surface area contributed by atoms with Crippen LogP contribution in [0.5, 0.6) is 0 Å². The van der Waals surface area contributed by atoms with Gasteiger partial charge in [0.15, 0.2) is 11.0 Å². The van der Waals surface area contributed by atoms with Crippen LogP contribution in [0.15, 0.2) is 58.6 Å². The van der Waals surface area contributed by atoms with Crippen LogP contribution in [0.25, 0.3) is 22.2 Å². The van der Waals surface area contributed by atoms with Crippen molar-refractivity contribution in [3.05, 3.63) is 64.7 Å². The Bertz CT molecular complexity index is 1550. The highest BCUT2D eigenvalue weighted by Gasteiger charge is 2.21. The minimum Gasteiger partial charge on any atom is -0.372 e. The average Bonchev–Trinajstić information content (AvgIpc) is 2.80. The van der Waals surface area contributed by atoms with E-state index in [1.807, 2.05) is 24.3 Å². The number of ether oxygens (including phenoxy) is 1. The Balaban J connectivity index is 1.49. The van der Waals surface area contributed by atoms with Gasteiger partial charge in [-0.3, -0.25) is 4.72 Å². The molecule has 0 aliphatic carbocycles. The highest BCUT2D eigenvalue weighted by molar-refractivity contribution is 7.99. The van der Waals surface area contributed by atoms with Gasteiger partial charge in [-0.05, 0) is 64.0 Å². The van der Waals surface area contributed by atoms with Crippen LogP contribution in [0, 0.1) is 0 Å². The highest BCUT2D eigenvalue weighted by atomic mass is 35.5. The van der Waals surface area contributed by atoms with Gasteiger partial charge >= 0.3 is 10.2 Å². The molecule has 9 nitrogen and oxygen atoms in total. The zero-order valence-electron chi connectivity index (χ0n) is 18.8. The molecule has 4 aromatic rings. The molecule has 2 heterocycles. The third-order valence-electron chi connectivity index (χ3n) is 5.44. The van der Waals surface area contributed by atoms with Gasteiger partial charge in [0, 0.05) is 30.2 Å². The number of hydrogen-bond donors (Lipinski definition) is 2. The van der Waals surface area contributed by atoms with Gasteiger partial charge in [-0.1, -0.05) is 29.8 Å². The lowest BCUT2D eigenvalue weighted by Gasteiger charge is -2.20. The molecule has 0 fully saturated rings. The molecule has 12 heteroatoms. The fourth-order valence-electron chi connectivity index (χ4n) is 3.81. The van der Waals surface area contributed by atoms with E-state index in [-0.39, 0.29) is 5.95 Å². The molecule has 5 rings (SSSR count). The predicted molar refractivity (Wildman–Crippen MR) is 137 cm³/mol. The number of halogens is 1. The van der Waals surface area contributed by atoms with Crippen molar-refractivity contribution in [2.24, 2.45) is 0 Å². The summed E-state index contributed by atoms with van der Waals surface area (Å²) in [5, 5.41) is 2.94. The smallest absolute Gasteiger partial charge is 0.301 e. The number of nitrogen functional groups attached to an aromatic ring is 1. The maximum atomic E-state index is 12.0. The van der Waals surface area contributed by atoms with Crippen molar-refractivity contribution >= 4 is 56.0 Å². The molecule has 0 saturated heterocycles. The summed E-state index contributed by atoms with van der Waals surface area (Å²) in [6.45, 7) is 1.03. The summed E-state index contributed by atoms with van der Waals surface area (Å²) < 4.78 is 33.3. The molecule has 35 heavy (non-hydrogen) atoms. The van der Waals surface area contributed by atoms with Gasteiger partial charge in [-0.25, -0.2) is 4.98 Å². The van der Waals surface area contributed by atoms with Crippen LogP contribution in [0.2, 0.25) is 5.02 Å². The van der Waals surface area contributed by atoms with Crippen molar-refractivity contribution in [2.75, 3.05) is 24.6 Å². The predicted octanol–water partition coefficient (Wildman–Crippen LogP) is 4.33. The maximum absolute atomic E-state index is 12.0. The second kappa shape index (κ2) is 9.25. The number of aromatic nitrogens is 3. The number of anilines is 2. The summed E-state index contributed by atoms with van der Waals surface area (Å²) in [6.07, 6.45) is 0. The molecular weight excluding hydrogens is 508 g/mol. The van der Waals surface area contributed by atoms with E-state index in [0.717, 1.165) is 31.1 Å². The van der Waals surface area contributed by atoms with Gasteiger partial charge in [-0.15, -0.1) is 0 Å². The van der Waals surface area contributed by atoms with E-state index >= 15 is 0 Å². The molecule has 1 aromatic heterocycles. The van der Waals surface area contributed by atoms with Crippen LogP contribution in [-0.2, 0) is 28.2 Å². The third kappa shape index (κ3) is 4.78. The lowest BCUT2D eigenvalue weighted by molar-refractivity contribution is 0.103. The lowest BCUT2D eigenvalue weighted by Crippen LogP contribution is -2.28.